The molecule has 0 aliphatic carbocycles. The molecule has 0 amide bonds. The molecule has 1 N–H and O–H groups in total. The van der Waals surface area contributed by atoms with Crippen molar-refractivity contribution in [2.75, 3.05) is 20.3 Å². The maximum Gasteiger partial charge on any atom is 0.168 e. The predicted octanol–water partition coefficient (Wildman–Crippen LogP) is 2.23. The Morgan fingerprint density at radius 3 is 2.90 bits per heavy atom. The Hall–Kier alpha value is -1.50. The van der Waals surface area contributed by atoms with Crippen LogP contribution in [0.1, 0.15) is 37.3 Å². The third-order valence-corrected chi connectivity index (χ3v) is 3.60. The van der Waals surface area contributed by atoms with Crippen LogP contribution in [0.15, 0.2) is 24.3 Å². The van der Waals surface area contributed by atoms with Crippen molar-refractivity contribution in [1.29, 1.82) is 0 Å². The van der Waals surface area contributed by atoms with Crippen molar-refractivity contribution >= 4 is 11.6 Å². The van der Waals surface area contributed by atoms with E-state index < -0.39 is 0 Å². The summed E-state index contributed by atoms with van der Waals surface area (Å²) in [5.74, 6) is 0.790. The average molecular weight is 310 g/mol. The van der Waals surface area contributed by atoms with Crippen LogP contribution in [0.4, 0.5) is 0 Å². The van der Waals surface area contributed by atoms with Crippen molar-refractivity contribution in [1.82, 2.24) is 25.5 Å². The molecule has 0 fully saturated rings. The molecule has 6 nitrogen and oxygen atoms in total. The molecule has 0 radical (unpaired) electrons. The van der Waals surface area contributed by atoms with E-state index in [0.717, 1.165) is 17.9 Å². The fraction of sp³-hybridized carbons (Fsp3) is 0.500. The molecular weight excluding hydrogens is 290 g/mol. The summed E-state index contributed by atoms with van der Waals surface area (Å²) in [6.45, 7) is 5.47. The van der Waals surface area contributed by atoms with Crippen molar-refractivity contribution in [2.24, 2.45) is 0 Å². The van der Waals surface area contributed by atoms with Gasteiger partial charge in [-0.1, -0.05) is 23.7 Å². The van der Waals surface area contributed by atoms with E-state index in [9.17, 15) is 0 Å². The van der Waals surface area contributed by atoms with Crippen LogP contribution < -0.4 is 5.32 Å². The summed E-state index contributed by atoms with van der Waals surface area (Å²) in [6, 6.07) is 7.79. The van der Waals surface area contributed by atoms with Crippen LogP contribution in [0, 0.1) is 0 Å². The van der Waals surface area contributed by atoms with E-state index in [4.69, 9.17) is 16.3 Å². The first-order chi connectivity index (χ1) is 10.1. The average Bonchev–Trinajstić information content (AvgIpc) is 2.96. The van der Waals surface area contributed by atoms with Crippen molar-refractivity contribution in [3.63, 3.8) is 0 Å². The number of methoxy groups -OCH3 is 1. The second-order valence-corrected chi connectivity index (χ2v) is 5.32. The van der Waals surface area contributed by atoms with Crippen LogP contribution in [0.2, 0.25) is 5.02 Å². The molecule has 1 aromatic heterocycles. The van der Waals surface area contributed by atoms with Gasteiger partial charge >= 0.3 is 0 Å². The van der Waals surface area contributed by atoms with Crippen LogP contribution in [0.3, 0.4) is 0 Å². The first-order valence-corrected chi connectivity index (χ1v) is 7.26. The van der Waals surface area contributed by atoms with Crippen molar-refractivity contribution in [2.45, 2.75) is 25.9 Å². The molecule has 2 aromatic rings. The zero-order valence-electron chi connectivity index (χ0n) is 12.5. The molecule has 0 saturated carbocycles. The predicted molar refractivity (Wildman–Crippen MR) is 81.4 cm³/mol. The van der Waals surface area contributed by atoms with Crippen molar-refractivity contribution in [3.8, 4) is 0 Å². The Morgan fingerprint density at radius 1 is 1.38 bits per heavy atom. The Kier molecular flexibility index (Phi) is 5.67. The molecule has 0 spiro atoms. The Balaban J connectivity index is 2.15. The minimum atomic E-state index is 0.0142. The molecule has 2 unspecified atom stereocenters. The highest BCUT2D eigenvalue weighted by Gasteiger charge is 2.19. The molecule has 0 bridgehead atoms. The number of tetrazole rings is 1. The van der Waals surface area contributed by atoms with Gasteiger partial charge in [0.1, 0.15) is 0 Å². The summed E-state index contributed by atoms with van der Waals surface area (Å²) >= 11 is 6.05. The standard InChI is InChI=1S/C14H20ClN5O/c1-10(16-7-8-21-3)14-17-18-19-20(14)11(2)12-5-4-6-13(15)9-12/h4-6,9-11,16H,7-8H2,1-3H3. The van der Waals surface area contributed by atoms with Gasteiger partial charge in [-0.2, -0.15) is 0 Å². The zero-order valence-corrected chi connectivity index (χ0v) is 13.2. The number of ether oxygens (including phenoxy) is 1. The Bertz CT molecular complexity index is 574. The summed E-state index contributed by atoms with van der Waals surface area (Å²) in [5, 5.41) is 16.1. The highest BCUT2D eigenvalue weighted by atomic mass is 35.5. The topological polar surface area (TPSA) is 64.9 Å². The van der Waals surface area contributed by atoms with E-state index in [2.05, 4.69) is 20.8 Å². The number of rotatable bonds is 7. The molecule has 0 saturated heterocycles. The fourth-order valence-corrected chi connectivity index (χ4v) is 2.34. The van der Waals surface area contributed by atoms with E-state index in [1.807, 2.05) is 42.8 Å². The summed E-state index contributed by atoms with van der Waals surface area (Å²) in [4.78, 5) is 0. The number of aromatic nitrogens is 4. The monoisotopic (exact) mass is 309 g/mol. The molecule has 21 heavy (non-hydrogen) atoms. The van der Waals surface area contributed by atoms with Crippen LogP contribution >= 0.6 is 11.6 Å². The SMILES string of the molecule is COCCNC(C)c1nnnn1C(C)c1cccc(Cl)c1. The number of hydrogen-bond acceptors (Lipinski definition) is 5. The molecule has 2 rings (SSSR count). The highest BCUT2D eigenvalue weighted by Crippen LogP contribution is 2.22. The Morgan fingerprint density at radius 2 is 2.19 bits per heavy atom. The minimum Gasteiger partial charge on any atom is -0.383 e. The molecule has 114 valence electrons. The van der Waals surface area contributed by atoms with Gasteiger partial charge in [-0.05, 0) is 42.0 Å². The normalized spacial score (nSPS) is 14.1. The van der Waals surface area contributed by atoms with E-state index in [0.29, 0.717) is 11.6 Å². The maximum atomic E-state index is 6.05. The van der Waals surface area contributed by atoms with Gasteiger partial charge < -0.3 is 10.1 Å². The molecule has 1 heterocycles. The smallest absolute Gasteiger partial charge is 0.168 e. The van der Waals surface area contributed by atoms with Crippen molar-refractivity contribution < 1.29 is 4.74 Å². The second kappa shape index (κ2) is 7.49. The number of nitrogens with one attached hydrogen (secondary N) is 1. The first-order valence-electron chi connectivity index (χ1n) is 6.89. The lowest BCUT2D eigenvalue weighted by Gasteiger charge is -2.18. The third-order valence-electron chi connectivity index (χ3n) is 3.36. The van der Waals surface area contributed by atoms with Crippen LogP contribution in [-0.4, -0.2) is 40.5 Å². The summed E-state index contributed by atoms with van der Waals surface area (Å²) < 4.78 is 6.85. The lowest BCUT2D eigenvalue weighted by Crippen LogP contribution is -2.26. The molecule has 0 aliphatic rings. The first kappa shape index (κ1) is 15.9. The maximum absolute atomic E-state index is 6.05. The molecule has 0 aliphatic heterocycles. The molecule has 2 atom stereocenters. The number of hydrogen-bond donors (Lipinski definition) is 1. The Labute approximate surface area is 129 Å². The van der Waals surface area contributed by atoms with Gasteiger partial charge in [0, 0.05) is 18.7 Å². The van der Waals surface area contributed by atoms with Gasteiger partial charge in [0.25, 0.3) is 0 Å². The summed E-state index contributed by atoms with van der Waals surface area (Å²) in [7, 11) is 1.68. The minimum absolute atomic E-state index is 0.0142. The van der Waals surface area contributed by atoms with E-state index in [1.54, 1.807) is 7.11 Å². The van der Waals surface area contributed by atoms with Crippen LogP contribution in [0.25, 0.3) is 0 Å². The lowest BCUT2D eigenvalue weighted by molar-refractivity contribution is 0.195. The van der Waals surface area contributed by atoms with Gasteiger partial charge in [-0.25, -0.2) is 4.68 Å². The van der Waals surface area contributed by atoms with Crippen LogP contribution in [0.5, 0.6) is 0 Å². The highest BCUT2D eigenvalue weighted by molar-refractivity contribution is 6.30. The number of halogens is 1. The van der Waals surface area contributed by atoms with E-state index >= 15 is 0 Å². The number of benzene rings is 1. The van der Waals surface area contributed by atoms with E-state index in [1.165, 1.54) is 0 Å². The van der Waals surface area contributed by atoms with Gasteiger partial charge in [-0.15, -0.1) is 5.10 Å². The largest absolute Gasteiger partial charge is 0.383 e. The summed E-state index contributed by atoms with van der Waals surface area (Å²) in [6.07, 6.45) is 0. The van der Waals surface area contributed by atoms with Gasteiger partial charge in [-0.3, -0.25) is 0 Å². The third kappa shape index (κ3) is 4.00. The van der Waals surface area contributed by atoms with Gasteiger partial charge in [0.2, 0.25) is 0 Å². The van der Waals surface area contributed by atoms with Gasteiger partial charge in [0.05, 0.1) is 18.7 Å². The van der Waals surface area contributed by atoms with Gasteiger partial charge in [0.15, 0.2) is 5.82 Å². The second-order valence-electron chi connectivity index (χ2n) is 4.88. The summed E-state index contributed by atoms with van der Waals surface area (Å²) in [5.41, 5.74) is 1.07. The zero-order chi connectivity index (χ0) is 15.2. The molecule has 7 heteroatoms. The lowest BCUT2D eigenvalue weighted by atomic mass is 10.1. The van der Waals surface area contributed by atoms with E-state index in [-0.39, 0.29) is 12.1 Å². The molecule has 1 aromatic carbocycles. The fourth-order valence-electron chi connectivity index (χ4n) is 2.14. The quantitative estimate of drug-likeness (QED) is 0.795. The van der Waals surface area contributed by atoms with Crippen molar-refractivity contribution in [3.05, 3.63) is 40.7 Å². The number of nitrogens with zero attached hydrogens (tertiary/aromatic N) is 4. The van der Waals surface area contributed by atoms with Crippen LogP contribution in [-0.2, 0) is 4.74 Å². The molecular formula is C14H20ClN5O.